The van der Waals surface area contributed by atoms with E-state index in [9.17, 15) is 9.59 Å². The summed E-state index contributed by atoms with van der Waals surface area (Å²) in [6.07, 6.45) is 1.22. The largest absolute Gasteiger partial charge is 0.493 e. The maximum Gasteiger partial charge on any atom is 0.229 e. The van der Waals surface area contributed by atoms with Crippen LogP contribution in [0.5, 0.6) is 11.5 Å². The first-order valence-electron chi connectivity index (χ1n) is 10.2. The molecular formula is C23H27N3O4. The predicted octanol–water partition coefficient (Wildman–Crippen LogP) is 3.08. The topological polar surface area (TPSA) is 71.1 Å². The van der Waals surface area contributed by atoms with Crippen LogP contribution in [0.2, 0.25) is 0 Å². The molecule has 0 aromatic heterocycles. The molecule has 1 saturated heterocycles. The molecular weight excluding hydrogens is 382 g/mol. The summed E-state index contributed by atoms with van der Waals surface area (Å²) in [6.45, 7) is 4.43. The number of amides is 2. The van der Waals surface area contributed by atoms with E-state index in [1.165, 1.54) is 11.3 Å². The molecule has 2 heterocycles. The zero-order valence-electron chi connectivity index (χ0n) is 17.6. The fraction of sp³-hybridized carbons (Fsp3) is 0.391. The molecule has 2 aromatic rings. The molecule has 0 aliphatic carbocycles. The van der Waals surface area contributed by atoms with Gasteiger partial charge in [-0.15, -0.1) is 0 Å². The molecule has 1 N–H and O–H groups in total. The van der Waals surface area contributed by atoms with Gasteiger partial charge in [-0.05, 0) is 43.2 Å². The van der Waals surface area contributed by atoms with E-state index < -0.39 is 5.92 Å². The maximum absolute atomic E-state index is 12.9. The highest BCUT2D eigenvalue weighted by Gasteiger charge is 2.35. The molecule has 0 saturated carbocycles. The van der Waals surface area contributed by atoms with E-state index >= 15 is 0 Å². The van der Waals surface area contributed by atoms with Gasteiger partial charge in [0.15, 0.2) is 11.5 Å². The van der Waals surface area contributed by atoms with Crippen LogP contribution in [-0.2, 0) is 16.0 Å². The van der Waals surface area contributed by atoms with E-state index in [0.29, 0.717) is 23.7 Å². The van der Waals surface area contributed by atoms with Gasteiger partial charge < -0.3 is 24.6 Å². The third kappa shape index (κ3) is 3.67. The lowest BCUT2D eigenvalue weighted by Crippen LogP contribution is -2.28. The zero-order chi connectivity index (χ0) is 21.3. The van der Waals surface area contributed by atoms with Crippen molar-refractivity contribution in [1.82, 2.24) is 0 Å². The number of anilines is 3. The van der Waals surface area contributed by atoms with E-state index in [1.54, 1.807) is 37.3 Å². The second kappa shape index (κ2) is 8.26. The van der Waals surface area contributed by atoms with E-state index in [2.05, 4.69) is 23.2 Å². The lowest BCUT2D eigenvalue weighted by molar-refractivity contribution is -0.122. The molecule has 0 spiro atoms. The minimum atomic E-state index is -0.402. The summed E-state index contributed by atoms with van der Waals surface area (Å²) in [5.74, 6) is 0.538. The molecule has 2 aromatic carbocycles. The molecule has 1 atom stereocenters. The standard InChI is InChI=1S/C23H27N3O4/c1-4-25-10-9-15-5-6-17(12-19(15)25)24-23(28)16-11-22(27)26(14-16)18-7-8-20(29-2)21(13-18)30-3/h5-8,12-13,16H,4,9-11,14H2,1-3H3,(H,24,28). The van der Waals surface area contributed by atoms with Crippen LogP contribution in [0.4, 0.5) is 17.1 Å². The van der Waals surface area contributed by atoms with Crippen LogP contribution in [0.15, 0.2) is 36.4 Å². The molecule has 4 rings (SSSR count). The number of hydrogen-bond donors (Lipinski definition) is 1. The van der Waals surface area contributed by atoms with Gasteiger partial charge in [-0.2, -0.15) is 0 Å². The Hall–Kier alpha value is -3.22. The summed E-state index contributed by atoms with van der Waals surface area (Å²) in [7, 11) is 3.12. The van der Waals surface area contributed by atoms with Crippen molar-refractivity contribution in [1.29, 1.82) is 0 Å². The van der Waals surface area contributed by atoms with E-state index in [-0.39, 0.29) is 18.2 Å². The van der Waals surface area contributed by atoms with Crippen LogP contribution in [0, 0.1) is 5.92 Å². The normalized spacial score (nSPS) is 17.8. The van der Waals surface area contributed by atoms with Gasteiger partial charge in [-0.3, -0.25) is 9.59 Å². The van der Waals surface area contributed by atoms with Gasteiger partial charge in [0.25, 0.3) is 0 Å². The highest BCUT2D eigenvalue weighted by Crippen LogP contribution is 2.35. The molecule has 2 aliphatic rings. The Kier molecular flexibility index (Phi) is 5.53. The Morgan fingerprint density at radius 1 is 1.13 bits per heavy atom. The molecule has 0 radical (unpaired) electrons. The van der Waals surface area contributed by atoms with Crippen molar-refractivity contribution >= 4 is 28.9 Å². The van der Waals surface area contributed by atoms with Crippen molar-refractivity contribution in [3.8, 4) is 11.5 Å². The summed E-state index contributed by atoms with van der Waals surface area (Å²) in [4.78, 5) is 29.4. The maximum atomic E-state index is 12.9. The second-order valence-electron chi connectivity index (χ2n) is 7.61. The van der Waals surface area contributed by atoms with Crippen molar-refractivity contribution in [2.75, 3.05) is 49.0 Å². The third-order valence-corrected chi connectivity index (χ3v) is 5.90. The molecule has 7 nitrogen and oxygen atoms in total. The lowest BCUT2D eigenvalue weighted by Gasteiger charge is -2.19. The van der Waals surface area contributed by atoms with E-state index in [1.807, 2.05) is 12.1 Å². The van der Waals surface area contributed by atoms with Crippen molar-refractivity contribution in [2.24, 2.45) is 5.92 Å². The summed E-state index contributed by atoms with van der Waals surface area (Å²) >= 11 is 0. The lowest BCUT2D eigenvalue weighted by atomic mass is 10.1. The zero-order valence-corrected chi connectivity index (χ0v) is 17.6. The number of carbonyl (C=O) groups excluding carboxylic acids is 2. The number of fused-ring (bicyclic) bond motifs is 1. The molecule has 7 heteroatoms. The SMILES string of the molecule is CCN1CCc2ccc(NC(=O)C3CC(=O)N(c4ccc(OC)c(OC)c4)C3)cc21. The monoisotopic (exact) mass is 409 g/mol. The Morgan fingerprint density at radius 3 is 2.67 bits per heavy atom. The number of methoxy groups -OCH3 is 2. The fourth-order valence-corrected chi connectivity index (χ4v) is 4.22. The van der Waals surface area contributed by atoms with Crippen LogP contribution in [0.1, 0.15) is 18.9 Å². The number of hydrogen-bond acceptors (Lipinski definition) is 5. The first-order chi connectivity index (χ1) is 14.5. The van der Waals surface area contributed by atoms with Crippen LogP contribution >= 0.6 is 0 Å². The number of nitrogens with zero attached hydrogens (tertiary/aromatic N) is 2. The van der Waals surface area contributed by atoms with Crippen molar-refractivity contribution in [3.63, 3.8) is 0 Å². The second-order valence-corrected chi connectivity index (χ2v) is 7.61. The quantitative estimate of drug-likeness (QED) is 0.794. The highest BCUT2D eigenvalue weighted by molar-refractivity contribution is 6.03. The number of nitrogens with one attached hydrogen (secondary N) is 1. The molecule has 1 fully saturated rings. The van der Waals surface area contributed by atoms with E-state index in [0.717, 1.165) is 25.2 Å². The summed E-state index contributed by atoms with van der Waals surface area (Å²) in [5, 5.41) is 3.00. The smallest absolute Gasteiger partial charge is 0.229 e. The number of benzene rings is 2. The van der Waals surface area contributed by atoms with Crippen LogP contribution in [0.3, 0.4) is 0 Å². The number of rotatable bonds is 6. The Labute approximate surface area is 176 Å². The molecule has 2 aliphatic heterocycles. The van der Waals surface area contributed by atoms with Crippen molar-refractivity contribution < 1.29 is 19.1 Å². The molecule has 1 unspecified atom stereocenters. The van der Waals surface area contributed by atoms with Crippen molar-refractivity contribution in [3.05, 3.63) is 42.0 Å². The van der Waals surface area contributed by atoms with Gasteiger partial charge in [0.2, 0.25) is 11.8 Å². The van der Waals surface area contributed by atoms with Crippen LogP contribution in [0.25, 0.3) is 0 Å². The van der Waals surface area contributed by atoms with Crippen molar-refractivity contribution in [2.45, 2.75) is 19.8 Å². The molecule has 158 valence electrons. The average Bonchev–Trinajstić information content (AvgIpc) is 3.36. The first-order valence-corrected chi connectivity index (χ1v) is 10.2. The first kappa shape index (κ1) is 20.1. The number of ether oxygens (including phenoxy) is 2. The van der Waals surface area contributed by atoms with Crippen LogP contribution < -0.4 is 24.6 Å². The van der Waals surface area contributed by atoms with Gasteiger partial charge >= 0.3 is 0 Å². The molecule has 2 amide bonds. The van der Waals surface area contributed by atoms with Gasteiger partial charge in [-0.1, -0.05) is 6.07 Å². The number of carbonyl (C=O) groups is 2. The average molecular weight is 409 g/mol. The Balaban J connectivity index is 1.46. The summed E-state index contributed by atoms with van der Waals surface area (Å²) < 4.78 is 10.6. The predicted molar refractivity (Wildman–Crippen MR) is 117 cm³/mol. The molecule has 30 heavy (non-hydrogen) atoms. The minimum Gasteiger partial charge on any atom is -0.493 e. The summed E-state index contributed by atoms with van der Waals surface area (Å²) in [6, 6.07) is 11.4. The van der Waals surface area contributed by atoms with Gasteiger partial charge in [0, 0.05) is 49.2 Å². The van der Waals surface area contributed by atoms with E-state index in [4.69, 9.17) is 9.47 Å². The minimum absolute atomic E-state index is 0.0755. The fourth-order valence-electron chi connectivity index (χ4n) is 4.22. The van der Waals surface area contributed by atoms with Crippen LogP contribution in [-0.4, -0.2) is 45.7 Å². The third-order valence-electron chi connectivity index (χ3n) is 5.90. The van der Waals surface area contributed by atoms with Gasteiger partial charge in [0.1, 0.15) is 0 Å². The number of likely N-dealkylation sites (N-methyl/N-ethyl adjacent to an activating group) is 1. The van der Waals surface area contributed by atoms with Gasteiger partial charge in [0.05, 0.1) is 20.1 Å². The molecule has 0 bridgehead atoms. The summed E-state index contributed by atoms with van der Waals surface area (Å²) in [5.41, 5.74) is 3.97. The Morgan fingerprint density at radius 2 is 1.93 bits per heavy atom. The highest BCUT2D eigenvalue weighted by atomic mass is 16.5. The Bertz CT molecular complexity index is 975. The van der Waals surface area contributed by atoms with Gasteiger partial charge in [-0.25, -0.2) is 0 Å².